The number of carbonyl (C=O) groups excluding carboxylic acids is 2. The summed E-state index contributed by atoms with van der Waals surface area (Å²) in [4.78, 5) is 27.5. The molecule has 1 fully saturated rings. The summed E-state index contributed by atoms with van der Waals surface area (Å²) in [6.07, 6.45) is 2.59. The minimum Gasteiger partial charge on any atom is -0.351 e. The third-order valence-corrected chi connectivity index (χ3v) is 7.76. The zero-order valence-corrected chi connectivity index (χ0v) is 18.4. The van der Waals surface area contributed by atoms with E-state index in [1.165, 1.54) is 6.07 Å². The van der Waals surface area contributed by atoms with Gasteiger partial charge in [-0.1, -0.05) is 6.07 Å². The van der Waals surface area contributed by atoms with Gasteiger partial charge in [-0.2, -0.15) is 0 Å². The maximum absolute atomic E-state index is 12.7. The Bertz CT molecular complexity index is 1050. The minimum atomic E-state index is -3.73. The van der Waals surface area contributed by atoms with Gasteiger partial charge in [0.2, 0.25) is 21.8 Å². The molecule has 0 bridgehead atoms. The lowest BCUT2D eigenvalue weighted by atomic mass is 10.1. The summed E-state index contributed by atoms with van der Waals surface area (Å²) in [6.45, 7) is 2.46. The number of sulfonamides is 1. The topological polar surface area (TPSA) is 95.6 Å². The molecule has 30 heavy (non-hydrogen) atoms. The Balaban J connectivity index is 1.35. The molecule has 0 unspecified atom stereocenters. The zero-order chi connectivity index (χ0) is 21.3. The van der Waals surface area contributed by atoms with Gasteiger partial charge in [-0.3, -0.25) is 9.59 Å². The molecule has 9 heteroatoms. The van der Waals surface area contributed by atoms with Crippen LogP contribution >= 0.6 is 11.3 Å². The lowest BCUT2D eigenvalue weighted by Gasteiger charge is -2.22. The number of amides is 2. The van der Waals surface area contributed by atoms with Gasteiger partial charge in [0.25, 0.3) is 0 Å². The molecule has 1 aliphatic carbocycles. The molecule has 160 valence electrons. The highest BCUT2D eigenvalue weighted by atomic mass is 32.2. The van der Waals surface area contributed by atoms with Crippen LogP contribution in [0.25, 0.3) is 0 Å². The first kappa shape index (κ1) is 21.0. The van der Waals surface area contributed by atoms with Gasteiger partial charge in [0.15, 0.2) is 0 Å². The van der Waals surface area contributed by atoms with Crippen LogP contribution in [0.3, 0.4) is 0 Å². The molecule has 1 saturated carbocycles. The van der Waals surface area contributed by atoms with Gasteiger partial charge in [0.1, 0.15) is 0 Å². The number of nitrogens with one attached hydrogen (secondary N) is 2. The molecular formula is C21H25N3O4S2. The first-order chi connectivity index (χ1) is 14.3. The quantitative estimate of drug-likeness (QED) is 0.650. The molecule has 7 nitrogen and oxygen atoms in total. The van der Waals surface area contributed by atoms with Crippen molar-refractivity contribution in [1.29, 1.82) is 0 Å². The number of nitrogens with zero attached hydrogens (tertiary/aromatic N) is 1. The average Bonchev–Trinajstić information content (AvgIpc) is 3.32. The highest BCUT2D eigenvalue weighted by molar-refractivity contribution is 7.89. The predicted octanol–water partition coefficient (Wildman–Crippen LogP) is 2.42. The molecule has 0 radical (unpaired) electrons. The second-order valence-corrected chi connectivity index (χ2v) is 10.6. The summed E-state index contributed by atoms with van der Waals surface area (Å²) in [5, 5.41) is 4.72. The maximum atomic E-state index is 12.7. The highest BCUT2D eigenvalue weighted by Crippen LogP contribution is 2.39. The number of hydrogen-bond acceptors (Lipinski definition) is 5. The van der Waals surface area contributed by atoms with Gasteiger partial charge in [0, 0.05) is 35.5 Å². The van der Waals surface area contributed by atoms with Crippen LogP contribution in [0.4, 0.5) is 5.69 Å². The van der Waals surface area contributed by atoms with E-state index in [0.717, 1.165) is 29.0 Å². The van der Waals surface area contributed by atoms with E-state index in [1.807, 2.05) is 29.3 Å². The van der Waals surface area contributed by atoms with Crippen LogP contribution in [0.1, 0.15) is 36.6 Å². The van der Waals surface area contributed by atoms with E-state index < -0.39 is 10.0 Å². The van der Waals surface area contributed by atoms with Crippen LogP contribution in [0.5, 0.6) is 0 Å². The van der Waals surface area contributed by atoms with Crippen LogP contribution < -0.4 is 14.9 Å². The van der Waals surface area contributed by atoms with Crippen molar-refractivity contribution in [2.24, 2.45) is 5.92 Å². The Morgan fingerprint density at radius 1 is 1.23 bits per heavy atom. The number of thiophene rings is 1. The van der Waals surface area contributed by atoms with Gasteiger partial charge < -0.3 is 10.2 Å². The summed E-state index contributed by atoms with van der Waals surface area (Å²) in [6, 6.07) is 8.78. The number of rotatable bonds is 8. The molecular weight excluding hydrogens is 422 g/mol. The van der Waals surface area contributed by atoms with Crippen LogP contribution in [0.15, 0.2) is 40.6 Å². The summed E-state index contributed by atoms with van der Waals surface area (Å²) in [5.41, 5.74) is 1.68. The fraction of sp³-hybridized carbons (Fsp3) is 0.429. The van der Waals surface area contributed by atoms with Crippen molar-refractivity contribution in [2.45, 2.75) is 50.1 Å². The highest BCUT2D eigenvalue weighted by Gasteiger charge is 2.39. The molecule has 2 aliphatic rings. The number of hydrogen-bond donors (Lipinski definition) is 2. The first-order valence-electron chi connectivity index (χ1n) is 10.1. The molecule has 0 spiro atoms. The van der Waals surface area contributed by atoms with E-state index in [-0.39, 0.29) is 41.6 Å². The Kier molecular flexibility index (Phi) is 5.95. The van der Waals surface area contributed by atoms with Gasteiger partial charge in [0.05, 0.1) is 11.4 Å². The molecule has 1 aromatic heterocycles. The number of carbonyl (C=O) groups is 2. The second kappa shape index (κ2) is 8.49. The fourth-order valence-corrected chi connectivity index (χ4v) is 5.43. The molecule has 2 N–H and O–H groups in total. The third-order valence-electron chi connectivity index (χ3n) is 5.42. The van der Waals surface area contributed by atoms with Crippen molar-refractivity contribution < 1.29 is 18.0 Å². The molecule has 2 amide bonds. The van der Waals surface area contributed by atoms with Crippen molar-refractivity contribution in [3.63, 3.8) is 0 Å². The summed E-state index contributed by atoms with van der Waals surface area (Å²) >= 11 is 1.56. The Morgan fingerprint density at radius 2 is 2.03 bits per heavy atom. The Hall–Kier alpha value is -2.23. The monoisotopic (exact) mass is 447 g/mol. The van der Waals surface area contributed by atoms with Crippen molar-refractivity contribution in [1.82, 2.24) is 10.0 Å². The summed E-state index contributed by atoms with van der Waals surface area (Å²) in [5.74, 6) is 0.0566. The molecule has 1 aromatic carbocycles. The van der Waals surface area contributed by atoms with Crippen LogP contribution in [0, 0.1) is 5.92 Å². The smallest absolute Gasteiger partial charge is 0.240 e. The summed E-state index contributed by atoms with van der Waals surface area (Å²) in [7, 11) is -3.73. The number of fused-ring (bicyclic) bond motifs is 1. The van der Waals surface area contributed by atoms with Crippen molar-refractivity contribution in [3.8, 4) is 0 Å². The normalized spacial score (nSPS) is 18.3. The van der Waals surface area contributed by atoms with Gasteiger partial charge in [-0.25, -0.2) is 13.1 Å². The van der Waals surface area contributed by atoms with E-state index >= 15 is 0 Å². The zero-order valence-electron chi connectivity index (χ0n) is 16.8. The molecule has 0 saturated heterocycles. The van der Waals surface area contributed by atoms with Gasteiger partial charge in [-0.15, -0.1) is 11.3 Å². The minimum absolute atomic E-state index is 0.0262. The van der Waals surface area contributed by atoms with Crippen LogP contribution in [-0.2, 0) is 32.6 Å². The second-order valence-electron chi connectivity index (χ2n) is 7.83. The lowest BCUT2D eigenvalue weighted by Crippen LogP contribution is -2.36. The van der Waals surface area contributed by atoms with Crippen molar-refractivity contribution in [2.75, 3.05) is 11.4 Å². The molecule has 1 aliphatic heterocycles. The van der Waals surface area contributed by atoms with E-state index in [9.17, 15) is 18.0 Å². The summed E-state index contributed by atoms with van der Waals surface area (Å²) < 4.78 is 27.8. The largest absolute Gasteiger partial charge is 0.351 e. The van der Waals surface area contributed by atoms with Gasteiger partial charge in [-0.05, 0) is 61.4 Å². The average molecular weight is 448 g/mol. The maximum Gasteiger partial charge on any atom is 0.240 e. The third kappa shape index (κ3) is 4.58. The standard InChI is InChI=1S/C21H25N3O4S2/c1-14-11-16-12-18(6-7-19(16)24(14)21(26)15-4-5-15)30(27,28)23-9-8-20(25)22-13-17-3-2-10-29-17/h2-3,6-7,10,12,14-15,23H,4-5,8-9,11,13H2,1H3,(H,22,25)/t14-/m1/s1. The van der Waals surface area contributed by atoms with Crippen molar-refractivity contribution in [3.05, 3.63) is 46.2 Å². The van der Waals surface area contributed by atoms with E-state index in [0.29, 0.717) is 13.0 Å². The molecule has 2 heterocycles. The van der Waals surface area contributed by atoms with E-state index in [4.69, 9.17) is 0 Å². The molecule has 4 rings (SSSR count). The van der Waals surface area contributed by atoms with E-state index in [2.05, 4.69) is 10.0 Å². The predicted molar refractivity (Wildman–Crippen MR) is 116 cm³/mol. The van der Waals surface area contributed by atoms with Crippen LogP contribution in [0.2, 0.25) is 0 Å². The Labute approximate surface area is 180 Å². The van der Waals surface area contributed by atoms with Crippen molar-refractivity contribution >= 4 is 38.9 Å². The van der Waals surface area contributed by atoms with Crippen LogP contribution in [-0.4, -0.2) is 32.8 Å². The molecule has 1 atom stereocenters. The fourth-order valence-electron chi connectivity index (χ4n) is 3.71. The van der Waals surface area contributed by atoms with Gasteiger partial charge >= 0.3 is 0 Å². The Morgan fingerprint density at radius 3 is 2.73 bits per heavy atom. The van der Waals surface area contributed by atoms with E-state index in [1.54, 1.807) is 23.5 Å². The first-order valence-corrected chi connectivity index (χ1v) is 12.5. The molecule has 2 aromatic rings. The lowest BCUT2D eigenvalue weighted by molar-refractivity contribution is -0.121. The number of benzene rings is 1. The number of anilines is 1. The SMILES string of the molecule is C[C@@H]1Cc2cc(S(=O)(=O)NCCC(=O)NCc3cccs3)ccc2N1C(=O)C1CC1.